The van der Waals surface area contributed by atoms with Crippen molar-refractivity contribution in [2.45, 2.75) is 175 Å². The number of hydrogen-bond donors (Lipinski definition) is 0. The van der Waals surface area contributed by atoms with Crippen molar-refractivity contribution < 1.29 is 19.1 Å². The third-order valence-electron chi connectivity index (χ3n) is 7.30. The monoisotopic (exact) mass is 510 g/mol. The largest absolute Gasteiger partial charge is 0.466 e. The van der Waals surface area contributed by atoms with Gasteiger partial charge in [-0.05, 0) is 31.6 Å². The van der Waals surface area contributed by atoms with Crippen LogP contribution >= 0.6 is 0 Å². The number of hydrogen-bond acceptors (Lipinski definition) is 4. The molecule has 0 aliphatic rings. The van der Waals surface area contributed by atoms with Crippen LogP contribution in [0, 0.1) is 5.92 Å². The molecule has 36 heavy (non-hydrogen) atoms. The fraction of sp³-hybridized carbons (Fsp3) is 0.938. The molecule has 0 amide bonds. The highest BCUT2D eigenvalue weighted by Crippen LogP contribution is 2.19. The average Bonchev–Trinajstić information content (AvgIpc) is 2.87. The van der Waals surface area contributed by atoms with Crippen LogP contribution in [-0.2, 0) is 19.1 Å². The maximum Gasteiger partial charge on any atom is 0.306 e. The molecule has 4 nitrogen and oxygen atoms in total. The zero-order valence-corrected chi connectivity index (χ0v) is 24.6. The predicted molar refractivity (Wildman–Crippen MR) is 153 cm³/mol. The Morgan fingerprint density at radius 3 is 1.39 bits per heavy atom. The Morgan fingerprint density at radius 2 is 0.917 bits per heavy atom. The first kappa shape index (κ1) is 34.9. The van der Waals surface area contributed by atoms with Gasteiger partial charge in [0.2, 0.25) is 0 Å². The fourth-order valence-corrected chi connectivity index (χ4v) is 4.72. The standard InChI is InChI=1S/C32H62O4/c1-4-7-9-23-27-35-31(33)26-22-20-18-16-14-12-11-13-15-17-19-21-25-30(6-3)29-32(34)36-28-24-10-8-5-2/h30H,4-29H2,1-3H3. The summed E-state index contributed by atoms with van der Waals surface area (Å²) in [4.78, 5) is 23.7. The van der Waals surface area contributed by atoms with Gasteiger partial charge in [-0.1, -0.05) is 136 Å². The lowest BCUT2D eigenvalue weighted by Crippen LogP contribution is -2.12. The van der Waals surface area contributed by atoms with Crippen LogP contribution in [0.4, 0.5) is 0 Å². The van der Waals surface area contributed by atoms with E-state index < -0.39 is 0 Å². The lowest BCUT2D eigenvalue weighted by molar-refractivity contribution is -0.145. The van der Waals surface area contributed by atoms with Crippen LogP contribution in [0.25, 0.3) is 0 Å². The van der Waals surface area contributed by atoms with E-state index in [9.17, 15) is 9.59 Å². The number of unbranched alkanes of at least 4 members (excludes halogenated alkanes) is 17. The van der Waals surface area contributed by atoms with E-state index in [-0.39, 0.29) is 11.9 Å². The van der Waals surface area contributed by atoms with Gasteiger partial charge in [0.1, 0.15) is 0 Å². The summed E-state index contributed by atoms with van der Waals surface area (Å²) in [5.41, 5.74) is 0. The van der Waals surface area contributed by atoms with Crippen LogP contribution in [0.3, 0.4) is 0 Å². The molecule has 0 aromatic carbocycles. The highest BCUT2D eigenvalue weighted by Gasteiger charge is 2.13. The van der Waals surface area contributed by atoms with Crippen molar-refractivity contribution in [3.63, 3.8) is 0 Å². The molecule has 0 fully saturated rings. The Morgan fingerprint density at radius 1 is 0.500 bits per heavy atom. The predicted octanol–water partition coefficient (Wildman–Crippen LogP) is 10.1. The van der Waals surface area contributed by atoms with Crippen molar-refractivity contribution >= 4 is 11.9 Å². The molecular formula is C32H62O4. The normalized spacial score (nSPS) is 12.0. The Labute approximate surface area is 225 Å². The highest BCUT2D eigenvalue weighted by atomic mass is 16.5. The molecule has 0 N–H and O–H groups in total. The quantitative estimate of drug-likeness (QED) is 0.0776. The Kier molecular flexibility index (Phi) is 27.7. The van der Waals surface area contributed by atoms with Crippen LogP contribution < -0.4 is 0 Å². The summed E-state index contributed by atoms with van der Waals surface area (Å²) < 4.78 is 10.7. The minimum atomic E-state index is -0.00705. The third-order valence-corrected chi connectivity index (χ3v) is 7.30. The van der Waals surface area contributed by atoms with Crippen molar-refractivity contribution in [3.05, 3.63) is 0 Å². The van der Waals surface area contributed by atoms with Crippen molar-refractivity contribution in [1.29, 1.82) is 0 Å². The molecule has 4 heteroatoms. The van der Waals surface area contributed by atoms with Gasteiger partial charge in [0.05, 0.1) is 13.2 Å². The van der Waals surface area contributed by atoms with Gasteiger partial charge in [-0.25, -0.2) is 0 Å². The van der Waals surface area contributed by atoms with E-state index in [1.165, 1.54) is 103 Å². The minimum Gasteiger partial charge on any atom is -0.466 e. The van der Waals surface area contributed by atoms with Crippen molar-refractivity contribution in [2.75, 3.05) is 13.2 Å². The topological polar surface area (TPSA) is 52.6 Å². The van der Waals surface area contributed by atoms with Crippen LogP contribution in [0.5, 0.6) is 0 Å². The second-order valence-electron chi connectivity index (χ2n) is 10.8. The molecule has 1 unspecified atom stereocenters. The molecular weight excluding hydrogens is 448 g/mol. The molecule has 0 aromatic rings. The van der Waals surface area contributed by atoms with Crippen molar-refractivity contribution in [2.24, 2.45) is 5.92 Å². The van der Waals surface area contributed by atoms with E-state index in [1.807, 2.05) is 0 Å². The fourth-order valence-electron chi connectivity index (χ4n) is 4.72. The summed E-state index contributed by atoms with van der Waals surface area (Å²) in [6, 6.07) is 0. The summed E-state index contributed by atoms with van der Waals surface area (Å²) in [5, 5.41) is 0. The maximum atomic E-state index is 12.0. The van der Waals surface area contributed by atoms with E-state index in [0.717, 1.165) is 38.5 Å². The zero-order chi connectivity index (χ0) is 26.5. The van der Waals surface area contributed by atoms with Crippen LogP contribution in [0.15, 0.2) is 0 Å². The van der Waals surface area contributed by atoms with E-state index in [0.29, 0.717) is 32.0 Å². The third kappa shape index (κ3) is 26.0. The molecule has 0 radical (unpaired) electrons. The zero-order valence-electron chi connectivity index (χ0n) is 24.6. The Balaban J connectivity index is 3.38. The number of carbonyl (C=O) groups excluding carboxylic acids is 2. The molecule has 0 spiro atoms. The molecule has 1 atom stereocenters. The number of carbonyl (C=O) groups is 2. The molecule has 0 bridgehead atoms. The SMILES string of the molecule is CCCCCCOC(=O)CCCCCCCCCCCCCCC(CC)CC(=O)OCCCCCC. The van der Waals surface area contributed by atoms with Gasteiger partial charge in [0.25, 0.3) is 0 Å². The molecule has 0 aliphatic carbocycles. The lowest BCUT2D eigenvalue weighted by atomic mass is 9.95. The number of ether oxygens (including phenoxy) is 2. The average molecular weight is 511 g/mol. The first-order valence-corrected chi connectivity index (χ1v) is 15.9. The van der Waals surface area contributed by atoms with Gasteiger partial charge in [-0.3, -0.25) is 9.59 Å². The molecule has 0 aromatic heterocycles. The Bertz CT molecular complexity index is 477. The Hall–Kier alpha value is -1.06. The van der Waals surface area contributed by atoms with Crippen LogP contribution in [0.2, 0.25) is 0 Å². The van der Waals surface area contributed by atoms with E-state index in [4.69, 9.17) is 9.47 Å². The van der Waals surface area contributed by atoms with Gasteiger partial charge in [-0.2, -0.15) is 0 Å². The van der Waals surface area contributed by atoms with Crippen molar-refractivity contribution in [3.8, 4) is 0 Å². The first-order valence-electron chi connectivity index (χ1n) is 15.9. The second-order valence-corrected chi connectivity index (χ2v) is 10.8. The summed E-state index contributed by atoms with van der Waals surface area (Å²) in [6.45, 7) is 7.79. The smallest absolute Gasteiger partial charge is 0.306 e. The summed E-state index contributed by atoms with van der Waals surface area (Å²) in [5.74, 6) is 0.496. The summed E-state index contributed by atoms with van der Waals surface area (Å²) in [7, 11) is 0. The van der Waals surface area contributed by atoms with E-state index >= 15 is 0 Å². The summed E-state index contributed by atoms with van der Waals surface area (Å²) >= 11 is 0. The van der Waals surface area contributed by atoms with Crippen molar-refractivity contribution in [1.82, 2.24) is 0 Å². The lowest BCUT2D eigenvalue weighted by Gasteiger charge is -2.14. The number of rotatable bonds is 28. The summed E-state index contributed by atoms with van der Waals surface area (Å²) in [6.07, 6.45) is 28.0. The van der Waals surface area contributed by atoms with Crippen LogP contribution in [0.1, 0.15) is 175 Å². The van der Waals surface area contributed by atoms with E-state index in [2.05, 4.69) is 20.8 Å². The molecule has 0 saturated heterocycles. The van der Waals surface area contributed by atoms with Gasteiger partial charge in [0, 0.05) is 12.8 Å². The van der Waals surface area contributed by atoms with Gasteiger partial charge in [-0.15, -0.1) is 0 Å². The van der Waals surface area contributed by atoms with Crippen LogP contribution in [-0.4, -0.2) is 25.2 Å². The molecule has 0 heterocycles. The highest BCUT2D eigenvalue weighted by molar-refractivity contribution is 5.69. The van der Waals surface area contributed by atoms with Gasteiger partial charge < -0.3 is 9.47 Å². The van der Waals surface area contributed by atoms with E-state index in [1.54, 1.807) is 0 Å². The molecule has 0 aliphatic heterocycles. The maximum absolute atomic E-state index is 12.0. The second kappa shape index (κ2) is 28.5. The molecule has 214 valence electrons. The van der Waals surface area contributed by atoms with Gasteiger partial charge >= 0.3 is 11.9 Å². The first-order chi connectivity index (χ1) is 17.6. The minimum absolute atomic E-state index is 0.00705. The molecule has 0 rings (SSSR count). The molecule has 0 saturated carbocycles. The number of esters is 2. The van der Waals surface area contributed by atoms with Gasteiger partial charge in [0.15, 0.2) is 0 Å².